The van der Waals surface area contributed by atoms with Crippen LogP contribution < -0.4 is 10.6 Å². The molecule has 7 nitrogen and oxygen atoms in total. The molecular formula is C8H15N3O4. The van der Waals surface area contributed by atoms with E-state index < -0.39 is 18.5 Å². The van der Waals surface area contributed by atoms with E-state index in [1.807, 2.05) is 0 Å². The maximum absolute atomic E-state index is 11.2. The van der Waals surface area contributed by atoms with Crippen molar-refractivity contribution in [2.75, 3.05) is 27.2 Å². The maximum atomic E-state index is 11.2. The van der Waals surface area contributed by atoms with Crippen molar-refractivity contribution in [3.63, 3.8) is 0 Å². The van der Waals surface area contributed by atoms with Crippen LogP contribution in [0.1, 0.15) is 6.42 Å². The van der Waals surface area contributed by atoms with Crippen LogP contribution in [0.4, 0.5) is 4.79 Å². The molecule has 0 spiro atoms. The number of carboxylic acid groups (broad SMARTS) is 1. The molecule has 7 heteroatoms. The Bertz CT molecular complexity index is 254. The molecule has 3 amide bonds. The molecule has 86 valence electrons. The number of nitrogens with one attached hydrogen (secondary N) is 2. The van der Waals surface area contributed by atoms with Crippen molar-refractivity contribution in [1.29, 1.82) is 0 Å². The summed E-state index contributed by atoms with van der Waals surface area (Å²) in [6.45, 7) is -0.186. The quantitative estimate of drug-likeness (QED) is 0.541. The van der Waals surface area contributed by atoms with Crippen molar-refractivity contribution < 1.29 is 19.5 Å². The van der Waals surface area contributed by atoms with Crippen LogP contribution in [-0.4, -0.2) is 55.1 Å². The Morgan fingerprint density at radius 3 is 2.40 bits per heavy atom. The van der Waals surface area contributed by atoms with Crippen molar-refractivity contribution in [2.24, 2.45) is 0 Å². The van der Waals surface area contributed by atoms with E-state index in [1.54, 1.807) is 0 Å². The van der Waals surface area contributed by atoms with Crippen LogP contribution >= 0.6 is 0 Å². The zero-order valence-corrected chi connectivity index (χ0v) is 8.74. The molecule has 0 bridgehead atoms. The molecule has 0 aromatic rings. The first kappa shape index (κ1) is 13.2. The molecule has 15 heavy (non-hydrogen) atoms. The predicted molar refractivity (Wildman–Crippen MR) is 52.3 cm³/mol. The van der Waals surface area contributed by atoms with Gasteiger partial charge in [-0.05, 0) is 0 Å². The molecule has 0 fully saturated rings. The summed E-state index contributed by atoms with van der Waals surface area (Å²) in [5.41, 5.74) is 0. The number of urea groups is 1. The summed E-state index contributed by atoms with van der Waals surface area (Å²) in [6.07, 6.45) is 0.188. The summed E-state index contributed by atoms with van der Waals surface area (Å²) in [4.78, 5) is 33.4. The smallest absolute Gasteiger partial charge is 0.323 e. The molecule has 0 atom stereocenters. The van der Waals surface area contributed by atoms with Gasteiger partial charge in [0.2, 0.25) is 5.91 Å². The van der Waals surface area contributed by atoms with E-state index >= 15 is 0 Å². The number of carbonyl (C=O) groups excluding carboxylic acids is 2. The molecule has 0 unspecified atom stereocenters. The van der Waals surface area contributed by atoms with E-state index in [1.165, 1.54) is 19.0 Å². The number of amides is 3. The number of carboxylic acids is 1. The summed E-state index contributed by atoms with van der Waals surface area (Å²) >= 11 is 0. The largest absolute Gasteiger partial charge is 0.480 e. The Balaban J connectivity index is 3.78. The standard InChI is InChI=1S/C8H15N3O4/c1-9-6(12)3-4-11(2)8(15)10-5-7(13)14/h3-5H2,1-2H3,(H,9,12)(H,10,15)(H,13,14). The Labute approximate surface area is 87.4 Å². The second-order valence-corrected chi connectivity index (χ2v) is 2.90. The molecule has 0 radical (unpaired) electrons. The average molecular weight is 217 g/mol. The molecule has 0 aromatic heterocycles. The van der Waals surface area contributed by atoms with Crippen molar-refractivity contribution in [2.45, 2.75) is 6.42 Å². The van der Waals surface area contributed by atoms with Gasteiger partial charge in [-0.3, -0.25) is 9.59 Å². The minimum Gasteiger partial charge on any atom is -0.480 e. The van der Waals surface area contributed by atoms with Crippen molar-refractivity contribution in [3.05, 3.63) is 0 Å². The SMILES string of the molecule is CNC(=O)CCN(C)C(=O)NCC(=O)O. The lowest BCUT2D eigenvalue weighted by molar-refractivity contribution is -0.135. The fraction of sp³-hybridized carbons (Fsp3) is 0.625. The van der Waals surface area contributed by atoms with Gasteiger partial charge < -0.3 is 20.6 Å². The molecule has 0 aliphatic rings. The van der Waals surface area contributed by atoms with Crippen LogP contribution in [0.2, 0.25) is 0 Å². The third kappa shape index (κ3) is 6.30. The molecule has 3 N–H and O–H groups in total. The van der Waals surface area contributed by atoms with Gasteiger partial charge in [0.25, 0.3) is 0 Å². The third-order valence-electron chi connectivity index (χ3n) is 1.69. The Morgan fingerprint density at radius 2 is 1.93 bits per heavy atom. The third-order valence-corrected chi connectivity index (χ3v) is 1.69. The highest BCUT2D eigenvalue weighted by atomic mass is 16.4. The van der Waals surface area contributed by atoms with Gasteiger partial charge in [0.05, 0.1) is 0 Å². The average Bonchev–Trinajstić information content (AvgIpc) is 2.21. The molecule has 0 heterocycles. The highest BCUT2D eigenvalue weighted by Crippen LogP contribution is 1.88. The van der Waals surface area contributed by atoms with Crippen LogP contribution in [-0.2, 0) is 9.59 Å². The van der Waals surface area contributed by atoms with Gasteiger partial charge in [-0.25, -0.2) is 4.79 Å². The number of hydrogen-bond donors (Lipinski definition) is 3. The Kier molecular flexibility index (Phi) is 5.84. The fourth-order valence-corrected chi connectivity index (χ4v) is 0.782. The minimum atomic E-state index is -1.11. The monoisotopic (exact) mass is 217 g/mol. The van der Waals surface area contributed by atoms with E-state index in [9.17, 15) is 14.4 Å². The molecule has 0 aliphatic carbocycles. The van der Waals surface area contributed by atoms with Gasteiger partial charge >= 0.3 is 12.0 Å². The van der Waals surface area contributed by atoms with Crippen LogP contribution in [0.3, 0.4) is 0 Å². The summed E-state index contributed by atoms with van der Waals surface area (Å²) in [5.74, 6) is -1.28. The lowest BCUT2D eigenvalue weighted by Crippen LogP contribution is -2.41. The molecule has 0 rings (SSSR count). The van der Waals surface area contributed by atoms with Gasteiger partial charge in [0.15, 0.2) is 0 Å². The van der Waals surface area contributed by atoms with E-state index in [2.05, 4.69) is 10.6 Å². The summed E-state index contributed by atoms with van der Waals surface area (Å²) in [7, 11) is 2.99. The minimum absolute atomic E-state index is 0.173. The summed E-state index contributed by atoms with van der Waals surface area (Å²) < 4.78 is 0. The van der Waals surface area contributed by atoms with E-state index in [4.69, 9.17) is 5.11 Å². The van der Waals surface area contributed by atoms with Gasteiger partial charge in [0.1, 0.15) is 6.54 Å². The highest BCUT2D eigenvalue weighted by molar-refractivity contribution is 5.80. The lowest BCUT2D eigenvalue weighted by Gasteiger charge is -2.16. The highest BCUT2D eigenvalue weighted by Gasteiger charge is 2.10. The fourth-order valence-electron chi connectivity index (χ4n) is 0.782. The van der Waals surface area contributed by atoms with Crippen molar-refractivity contribution >= 4 is 17.9 Å². The summed E-state index contributed by atoms with van der Waals surface area (Å²) in [6, 6.07) is -0.513. The van der Waals surface area contributed by atoms with Gasteiger partial charge in [-0.2, -0.15) is 0 Å². The van der Waals surface area contributed by atoms with Crippen LogP contribution in [0, 0.1) is 0 Å². The van der Waals surface area contributed by atoms with Gasteiger partial charge in [0, 0.05) is 27.1 Å². The van der Waals surface area contributed by atoms with E-state index in [-0.39, 0.29) is 18.9 Å². The summed E-state index contributed by atoms with van der Waals surface area (Å²) in [5, 5.41) is 12.9. The van der Waals surface area contributed by atoms with Crippen LogP contribution in [0.5, 0.6) is 0 Å². The Hall–Kier alpha value is -1.79. The number of aliphatic carboxylic acids is 1. The van der Waals surface area contributed by atoms with Crippen molar-refractivity contribution in [3.8, 4) is 0 Å². The predicted octanol–water partition coefficient (Wildman–Crippen LogP) is -1.15. The first-order chi connectivity index (χ1) is 6.97. The zero-order chi connectivity index (χ0) is 11.8. The first-order valence-electron chi connectivity index (χ1n) is 4.38. The van der Waals surface area contributed by atoms with Gasteiger partial charge in [-0.15, -0.1) is 0 Å². The molecular weight excluding hydrogens is 202 g/mol. The Morgan fingerprint density at radius 1 is 1.33 bits per heavy atom. The topological polar surface area (TPSA) is 98.7 Å². The number of carbonyl (C=O) groups is 3. The normalized spacial score (nSPS) is 9.20. The maximum Gasteiger partial charge on any atom is 0.323 e. The number of nitrogens with zero attached hydrogens (tertiary/aromatic N) is 1. The van der Waals surface area contributed by atoms with Crippen LogP contribution in [0.15, 0.2) is 0 Å². The second-order valence-electron chi connectivity index (χ2n) is 2.90. The molecule has 0 saturated carbocycles. The first-order valence-corrected chi connectivity index (χ1v) is 4.38. The van der Waals surface area contributed by atoms with Crippen molar-refractivity contribution in [1.82, 2.24) is 15.5 Å². The molecule has 0 saturated heterocycles. The lowest BCUT2D eigenvalue weighted by atomic mass is 10.4. The van der Waals surface area contributed by atoms with Crippen LogP contribution in [0.25, 0.3) is 0 Å². The molecule has 0 aliphatic heterocycles. The second kappa shape index (κ2) is 6.63. The van der Waals surface area contributed by atoms with Gasteiger partial charge in [-0.1, -0.05) is 0 Å². The number of rotatable bonds is 5. The number of hydrogen-bond acceptors (Lipinski definition) is 3. The van der Waals surface area contributed by atoms with E-state index in [0.29, 0.717) is 0 Å². The molecule has 0 aromatic carbocycles. The zero-order valence-electron chi connectivity index (χ0n) is 8.74. The van der Waals surface area contributed by atoms with E-state index in [0.717, 1.165) is 0 Å².